The predicted octanol–water partition coefficient (Wildman–Crippen LogP) is 5.65. The Balaban J connectivity index is 1.55. The Morgan fingerprint density at radius 1 is 1.21 bits per heavy atom. The standard InChI is InChI=1S/C24H27ClN2O2/c1-15-5-4-6-17(11-15)12-23-26-22-14-20(13-21(25)24(22)27(23)3)29-19-9-7-18(8-10-19)16(2)28/h4-6,11,13-14,18-19H,7-10,12H2,1-3H3/t18-,19+. The number of ether oxygens (including phenoxy) is 1. The average molecular weight is 411 g/mol. The van der Waals surface area contributed by atoms with Crippen LogP contribution in [0.2, 0.25) is 5.02 Å². The van der Waals surface area contributed by atoms with Crippen LogP contribution in [-0.2, 0) is 18.3 Å². The van der Waals surface area contributed by atoms with Gasteiger partial charge in [0, 0.05) is 31.5 Å². The van der Waals surface area contributed by atoms with Gasteiger partial charge in [0.2, 0.25) is 0 Å². The molecular weight excluding hydrogens is 384 g/mol. The maximum Gasteiger partial charge on any atom is 0.132 e. The highest BCUT2D eigenvalue weighted by Gasteiger charge is 2.25. The van der Waals surface area contributed by atoms with Crippen molar-refractivity contribution in [2.24, 2.45) is 13.0 Å². The highest BCUT2D eigenvalue weighted by atomic mass is 35.5. The molecule has 152 valence electrons. The molecule has 0 aliphatic heterocycles. The fraction of sp³-hybridized carbons (Fsp3) is 0.417. The molecule has 1 heterocycles. The highest BCUT2D eigenvalue weighted by molar-refractivity contribution is 6.35. The summed E-state index contributed by atoms with van der Waals surface area (Å²) >= 11 is 6.61. The number of carbonyl (C=O) groups excluding carboxylic acids is 1. The highest BCUT2D eigenvalue weighted by Crippen LogP contribution is 2.33. The average Bonchev–Trinajstić information content (AvgIpc) is 2.98. The van der Waals surface area contributed by atoms with Gasteiger partial charge in [0.15, 0.2) is 0 Å². The first kappa shape index (κ1) is 20.0. The van der Waals surface area contributed by atoms with E-state index < -0.39 is 0 Å². The van der Waals surface area contributed by atoms with Gasteiger partial charge in [0.05, 0.1) is 22.2 Å². The molecule has 1 saturated carbocycles. The van der Waals surface area contributed by atoms with Crippen LogP contribution in [0.3, 0.4) is 0 Å². The maximum absolute atomic E-state index is 11.6. The first-order chi connectivity index (χ1) is 13.9. The quantitative estimate of drug-likeness (QED) is 0.545. The van der Waals surface area contributed by atoms with Crippen molar-refractivity contribution in [2.45, 2.75) is 52.1 Å². The van der Waals surface area contributed by atoms with E-state index in [2.05, 4.69) is 35.8 Å². The Labute approximate surface area is 176 Å². The number of rotatable bonds is 5. The second-order valence-corrected chi connectivity index (χ2v) is 8.64. The molecule has 0 atom stereocenters. The van der Waals surface area contributed by atoms with E-state index >= 15 is 0 Å². The Morgan fingerprint density at radius 3 is 2.66 bits per heavy atom. The van der Waals surface area contributed by atoms with Crippen LogP contribution in [0, 0.1) is 12.8 Å². The number of imidazole rings is 1. The van der Waals surface area contributed by atoms with Crippen molar-refractivity contribution in [3.05, 3.63) is 58.4 Å². The van der Waals surface area contributed by atoms with E-state index in [1.54, 1.807) is 6.92 Å². The molecule has 0 N–H and O–H groups in total. The fourth-order valence-corrected chi connectivity index (χ4v) is 4.66. The molecule has 0 spiro atoms. The largest absolute Gasteiger partial charge is 0.490 e. The van der Waals surface area contributed by atoms with Crippen molar-refractivity contribution in [3.8, 4) is 5.75 Å². The molecule has 0 unspecified atom stereocenters. The summed E-state index contributed by atoms with van der Waals surface area (Å²) in [7, 11) is 2.01. The lowest BCUT2D eigenvalue weighted by atomic mass is 9.85. The zero-order valence-electron chi connectivity index (χ0n) is 17.2. The molecule has 1 fully saturated rings. The van der Waals surface area contributed by atoms with Crippen molar-refractivity contribution in [1.82, 2.24) is 9.55 Å². The number of nitrogens with zero attached hydrogens (tertiary/aromatic N) is 2. The van der Waals surface area contributed by atoms with Crippen LogP contribution in [0.15, 0.2) is 36.4 Å². The van der Waals surface area contributed by atoms with Crippen molar-refractivity contribution >= 4 is 28.4 Å². The molecule has 2 aromatic carbocycles. The molecule has 0 amide bonds. The predicted molar refractivity (Wildman–Crippen MR) is 117 cm³/mol. The lowest BCUT2D eigenvalue weighted by Crippen LogP contribution is -2.27. The summed E-state index contributed by atoms with van der Waals surface area (Å²) in [5.74, 6) is 2.23. The normalized spacial score (nSPS) is 19.4. The topological polar surface area (TPSA) is 44.1 Å². The number of ketones is 1. The van der Waals surface area contributed by atoms with E-state index in [1.165, 1.54) is 11.1 Å². The minimum absolute atomic E-state index is 0.134. The third kappa shape index (κ3) is 4.32. The van der Waals surface area contributed by atoms with E-state index in [0.717, 1.165) is 54.7 Å². The SMILES string of the molecule is Cc1cccc(Cc2nc3cc(O[C@H]4CC[C@@H](C(C)=O)CC4)cc(Cl)c3n2C)c1. The number of aryl methyl sites for hydroxylation is 2. The third-order valence-electron chi connectivity index (χ3n) is 5.99. The zero-order valence-corrected chi connectivity index (χ0v) is 18.0. The lowest BCUT2D eigenvalue weighted by Gasteiger charge is -2.27. The summed E-state index contributed by atoms with van der Waals surface area (Å²) in [6.45, 7) is 3.79. The molecule has 4 nitrogen and oxygen atoms in total. The van der Waals surface area contributed by atoms with Gasteiger partial charge in [-0.15, -0.1) is 0 Å². The van der Waals surface area contributed by atoms with E-state index in [0.29, 0.717) is 10.8 Å². The van der Waals surface area contributed by atoms with Gasteiger partial charge in [-0.3, -0.25) is 4.79 Å². The Bertz CT molecular complexity index is 1050. The summed E-state index contributed by atoms with van der Waals surface area (Å²) in [5.41, 5.74) is 4.27. The van der Waals surface area contributed by atoms with Crippen LogP contribution in [0.1, 0.15) is 49.6 Å². The summed E-state index contributed by atoms with van der Waals surface area (Å²) in [6, 6.07) is 12.4. The lowest BCUT2D eigenvalue weighted by molar-refractivity contribution is -0.122. The second-order valence-electron chi connectivity index (χ2n) is 8.23. The fourth-order valence-electron chi connectivity index (χ4n) is 4.33. The molecule has 0 radical (unpaired) electrons. The van der Waals surface area contributed by atoms with Crippen molar-refractivity contribution in [3.63, 3.8) is 0 Å². The molecule has 29 heavy (non-hydrogen) atoms. The van der Waals surface area contributed by atoms with Crippen LogP contribution < -0.4 is 4.74 Å². The van der Waals surface area contributed by atoms with Crippen LogP contribution in [-0.4, -0.2) is 21.4 Å². The van der Waals surface area contributed by atoms with Crippen molar-refractivity contribution in [1.29, 1.82) is 0 Å². The van der Waals surface area contributed by atoms with Crippen molar-refractivity contribution < 1.29 is 9.53 Å². The third-order valence-corrected chi connectivity index (χ3v) is 6.27. The molecule has 5 heteroatoms. The van der Waals surface area contributed by atoms with Crippen LogP contribution in [0.25, 0.3) is 11.0 Å². The summed E-state index contributed by atoms with van der Waals surface area (Å²) in [4.78, 5) is 16.4. The van der Waals surface area contributed by atoms with Gasteiger partial charge in [0.1, 0.15) is 17.4 Å². The minimum Gasteiger partial charge on any atom is -0.490 e. The van der Waals surface area contributed by atoms with Gasteiger partial charge < -0.3 is 9.30 Å². The van der Waals surface area contributed by atoms with Crippen LogP contribution >= 0.6 is 11.6 Å². The number of hydrogen-bond acceptors (Lipinski definition) is 3. The molecule has 1 aromatic heterocycles. The Kier molecular flexibility index (Phi) is 5.64. The number of halogens is 1. The van der Waals surface area contributed by atoms with E-state index in [4.69, 9.17) is 21.3 Å². The first-order valence-electron chi connectivity index (χ1n) is 10.3. The van der Waals surface area contributed by atoms with Crippen LogP contribution in [0.5, 0.6) is 5.75 Å². The summed E-state index contributed by atoms with van der Waals surface area (Å²) in [6.07, 6.45) is 4.51. The van der Waals surface area contributed by atoms with E-state index in [1.807, 2.05) is 19.2 Å². The molecule has 1 aliphatic rings. The Morgan fingerprint density at radius 2 is 1.97 bits per heavy atom. The number of hydrogen-bond donors (Lipinski definition) is 0. The number of Topliss-reactive ketones (excluding diaryl/α,β-unsaturated/α-hetero) is 1. The monoisotopic (exact) mass is 410 g/mol. The smallest absolute Gasteiger partial charge is 0.132 e. The number of carbonyl (C=O) groups is 1. The molecule has 0 saturated heterocycles. The van der Waals surface area contributed by atoms with Gasteiger partial charge >= 0.3 is 0 Å². The van der Waals surface area contributed by atoms with E-state index in [9.17, 15) is 4.79 Å². The molecule has 1 aliphatic carbocycles. The van der Waals surface area contributed by atoms with Gasteiger partial charge in [-0.2, -0.15) is 0 Å². The summed E-state index contributed by atoms with van der Waals surface area (Å²) in [5, 5.41) is 0.653. The van der Waals surface area contributed by atoms with Crippen molar-refractivity contribution in [2.75, 3.05) is 0 Å². The molecular formula is C24H27ClN2O2. The molecule has 3 aromatic rings. The second kappa shape index (κ2) is 8.19. The first-order valence-corrected chi connectivity index (χ1v) is 10.7. The maximum atomic E-state index is 11.6. The number of benzene rings is 2. The minimum atomic E-state index is 0.134. The summed E-state index contributed by atoms with van der Waals surface area (Å²) < 4.78 is 8.28. The van der Waals surface area contributed by atoms with Gasteiger partial charge in [-0.1, -0.05) is 41.4 Å². The van der Waals surface area contributed by atoms with Gasteiger partial charge in [-0.05, 0) is 45.1 Å². The van der Waals surface area contributed by atoms with Crippen LogP contribution in [0.4, 0.5) is 0 Å². The van der Waals surface area contributed by atoms with Gasteiger partial charge in [0.25, 0.3) is 0 Å². The Hall–Kier alpha value is -2.33. The number of fused-ring (bicyclic) bond motifs is 1. The molecule has 4 rings (SSSR count). The van der Waals surface area contributed by atoms with Gasteiger partial charge in [-0.25, -0.2) is 4.98 Å². The number of aromatic nitrogens is 2. The zero-order chi connectivity index (χ0) is 20.5. The van der Waals surface area contributed by atoms with E-state index in [-0.39, 0.29) is 12.0 Å². The molecule has 0 bridgehead atoms.